The summed E-state index contributed by atoms with van der Waals surface area (Å²) in [5, 5.41) is 12.2. The summed E-state index contributed by atoms with van der Waals surface area (Å²) in [5.41, 5.74) is 0. The molecule has 19 heavy (non-hydrogen) atoms. The van der Waals surface area contributed by atoms with Gasteiger partial charge in [-0.3, -0.25) is 9.59 Å². The number of carbonyl (C=O) groups is 2. The number of carbonyl (C=O) groups excluding carboxylic acids is 1. The van der Waals surface area contributed by atoms with E-state index >= 15 is 0 Å². The highest BCUT2D eigenvalue weighted by atomic mass is 32.2. The highest BCUT2D eigenvalue weighted by molar-refractivity contribution is 7.98. The third-order valence-corrected chi connectivity index (χ3v) is 5.03. The van der Waals surface area contributed by atoms with Crippen molar-refractivity contribution in [2.45, 2.75) is 13.3 Å². The van der Waals surface area contributed by atoms with Gasteiger partial charge in [-0.25, -0.2) is 0 Å². The van der Waals surface area contributed by atoms with Crippen molar-refractivity contribution in [3.63, 3.8) is 0 Å². The van der Waals surface area contributed by atoms with Crippen LogP contribution in [0.2, 0.25) is 0 Å². The van der Waals surface area contributed by atoms with Gasteiger partial charge in [0, 0.05) is 6.54 Å². The number of thioether (sulfide) groups is 1. The van der Waals surface area contributed by atoms with Crippen molar-refractivity contribution in [1.29, 1.82) is 0 Å². The predicted molar refractivity (Wildman–Crippen MR) is 75.9 cm³/mol. The Hall–Kier alpha value is -0.970. The van der Waals surface area contributed by atoms with Gasteiger partial charge in [0.05, 0.1) is 11.8 Å². The molecule has 2 rings (SSSR count). The molecule has 0 saturated heterocycles. The Morgan fingerprint density at radius 2 is 2.00 bits per heavy atom. The molecule has 106 valence electrons. The lowest BCUT2D eigenvalue weighted by molar-refractivity contribution is -0.147. The number of rotatable bonds is 6. The summed E-state index contributed by atoms with van der Waals surface area (Å²) in [5.74, 6) is -0.273. The Bertz CT molecular complexity index is 396. The first-order valence-corrected chi connectivity index (χ1v) is 8.11. The van der Waals surface area contributed by atoms with Gasteiger partial charge in [0.25, 0.3) is 0 Å². The number of hydrogen-bond acceptors (Lipinski definition) is 3. The van der Waals surface area contributed by atoms with Gasteiger partial charge < -0.3 is 10.4 Å². The molecule has 0 aromatic carbocycles. The Kier molecular flexibility index (Phi) is 4.55. The summed E-state index contributed by atoms with van der Waals surface area (Å²) in [7, 11) is 0. The standard InChI is InChI=1S/C14H21NO3S/c1-8(7-19-2)6-15-13(16)11-9-3-4-10(5-9)12(11)14(17)18/h3-4,8-12H,5-7H2,1-2H3,(H,15,16)(H,17,18)/t8?,9?,10?,11-,12+/m0/s1. The zero-order valence-electron chi connectivity index (χ0n) is 11.3. The highest BCUT2D eigenvalue weighted by Gasteiger charge is 2.51. The molecule has 5 heteroatoms. The molecule has 1 amide bonds. The number of allylic oxidation sites excluding steroid dienone is 2. The average Bonchev–Trinajstić information content (AvgIpc) is 2.96. The third-order valence-electron chi connectivity index (χ3n) is 4.12. The number of amides is 1. The zero-order valence-corrected chi connectivity index (χ0v) is 12.2. The molecule has 1 fully saturated rings. The number of carboxylic acid groups (broad SMARTS) is 1. The van der Waals surface area contributed by atoms with E-state index in [0.717, 1.165) is 12.2 Å². The Labute approximate surface area is 118 Å². The molecule has 2 aliphatic rings. The van der Waals surface area contributed by atoms with Crippen LogP contribution in [0.3, 0.4) is 0 Å². The first-order valence-electron chi connectivity index (χ1n) is 6.72. The largest absolute Gasteiger partial charge is 0.481 e. The maximum absolute atomic E-state index is 12.2. The fourth-order valence-corrected chi connectivity index (χ4v) is 3.94. The second-order valence-electron chi connectivity index (χ2n) is 5.64. The monoisotopic (exact) mass is 283 g/mol. The summed E-state index contributed by atoms with van der Waals surface area (Å²) < 4.78 is 0. The number of carboxylic acids is 1. The van der Waals surface area contributed by atoms with Crippen LogP contribution in [-0.2, 0) is 9.59 Å². The van der Waals surface area contributed by atoms with Gasteiger partial charge in [-0.05, 0) is 36.2 Å². The molecular weight excluding hydrogens is 262 g/mol. The molecule has 0 heterocycles. The Balaban J connectivity index is 1.95. The normalized spacial score (nSPS) is 33.4. The number of aliphatic carboxylic acids is 1. The minimum absolute atomic E-state index is 0.0434. The van der Waals surface area contributed by atoms with Crippen LogP contribution in [0, 0.1) is 29.6 Å². The van der Waals surface area contributed by atoms with Gasteiger partial charge in [0.1, 0.15) is 0 Å². The van der Waals surface area contributed by atoms with Crippen molar-refractivity contribution in [2.24, 2.45) is 29.6 Å². The van der Waals surface area contributed by atoms with Gasteiger partial charge in [-0.1, -0.05) is 19.1 Å². The van der Waals surface area contributed by atoms with E-state index in [0.29, 0.717) is 12.5 Å². The lowest BCUT2D eigenvalue weighted by Gasteiger charge is -2.24. The molecule has 5 atom stereocenters. The van der Waals surface area contributed by atoms with Crippen LogP contribution in [0.1, 0.15) is 13.3 Å². The van der Waals surface area contributed by atoms with E-state index in [9.17, 15) is 14.7 Å². The average molecular weight is 283 g/mol. The topological polar surface area (TPSA) is 66.4 Å². The molecule has 3 unspecified atom stereocenters. The molecule has 0 aliphatic heterocycles. The minimum Gasteiger partial charge on any atom is -0.481 e. The van der Waals surface area contributed by atoms with E-state index in [1.807, 2.05) is 18.4 Å². The van der Waals surface area contributed by atoms with E-state index in [1.54, 1.807) is 11.8 Å². The SMILES string of the molecule is CSCC(C)CNC(=O)[C@H]1C2C=CC(C2)[C@H]1C(=O)O. The van der Waals surface area contributed by atoms with E-state index < -0.39 is 11.9 Å². The van der Waals surface area contributed by atoms with Crippen molar-refractivity contribution < 1.29 is 14.7 Å². The Morgan fingerprint density at radius 1 is 1.37 bits per heavy atom. The fraction of sp³-hybridized carbons (Fsp3) is 0.714. The van der Waals surface area contributed by atoms with Gasteiger partial charge in [-0.15, -0.1) is 0 Å². The molecule has 1 saturated carbocycles. The van der Waals surface area contributed by atoms with Crippen LogP contribution >= 0.6 is 11.8 Å². The summed E-state index contributed by atoms with van der Waals surface area (Å²) in [4.78, 5) is 23.6. The molecule has 4 nitrogen and oxygen atoms in total. The van der Waals surface area contributed by atoms with Crippen LogP contribution in [-0.4, -0.2) is 35.5 Å². The van der Waals surface area contributed by atoms with Crippen LogP contribution in [0.25, 0.3) is 0 Å². The molecule has 0 radical (unpaired) electrons. The van der Waals surface area contributed by atoms with E-state index in [2.05, 4.69) is 12.2 Å². The molecule has 2 bridgehead atoms. The quantitative estimate of drug-likeness (QED) is 0.727. The van der Waals surface area contributed by atoms with Crippen LogP contribution in [0.4, 0.5) is 0 Å². The van der Waals surface area contributed by atoms with Crippen LogP contribution < -0.4 is 5.32 Å². The lowest BCUT2D eigenvalue weighted by Crippen LogP contribution is -2.41. The maximum Gasteiger partial charge on any atom is 0.307 e. The van der Waals surface area contributed by atoms with Gasteiger partial charge >= 0.3 is 5.97 Å². The molecule has 2 N–H and O–H groups in total. The van der Waals surface area contributed by atoms with Crippen molar-refractivity contribution in [3.05, 3.63) is 12.2 Å². The third kappa shape index (κ3) is 2.96. The molecular formula is C14H21NO3S. The number of nitrogens with one attached hydrogen (secondary N) is 1. The molecule has 2 aliphatic carbocycles. The van der Waals surface area contributed by atoms with Crippen molar-refractivity contribution in [1.82, 2.24) is 5.32 Å². The van der Waals surface area contributed by atoms with Gasteiger partial charge in [-0.2, -0.15) is 11.8 Å². The first kappa shape index (κ1) is 14.4. The lowest BCUT2D eigenvalue weighted by atomic mass is 9.82. The second kappa shape index (κ2) is 5.99. The number of hydrogen-bond donors (Lipinski definition) is 2. The Morgan fingerprint density at radius 3 is 2.58 bits per heavy atom. The van der Waals surface area contributed by atoms with Gasteiger partial charge in [0.2, 0.25) is 5.91 Å². The fourth-order valence-electron chi connectivity index (χ4n) is 3.25. The summed E-state index contributed by atoms with van der Waals surface area (Å²) in [6, 6.07) is 0. The summed E-state index contributed by atoms with van der Waals surface area (Å²) in [6.45, 7) is 2.72. The highest BCUT2D eigenvalue weighted by Crippen LogP contribution is 2.48. The predicted octanol–water partition coefficient (Wildman–Crippen LogP) is 1.62. The molecule has 0 spiro atoms. The van der Waals surface area contributed by atoms with E-state index in [4.69, 9.17) is 0 Å². The van der Waals surface area contributed by atoms with Crippen molar-refractivity contribution in [3.8, 4) is 0 Å². The summed E-state index contributed by atoms with van der Waals surface area (Å²) >= 11 is 1.75. The zero-order chi connectivity index (χ0) is 14.0. The van der Waals surface area contributed by atoms with Crippen LogP contribution in [0.5, 0.6) is 0 Å². The minimum atomic E-state index is -0.839. The van der Waals surface area contributed by atoms with Crippen LogP contribution in [0.15, 0.2) is 12.2 Å². The maximum atomic E-state index is 12.2. The van der Waals surface area contributed by atoms with Gasteiger partial charge in [0.15, 0.2) is 0 Å². The molecule has 0 aromatic heterocycles. The molecule has 0 aromatic rings. The van der Waals surface area contributed by atoms with Crippen molar-refractivity contribution in [2.75, 3.05) is 18.6 Å². The smallest absolute Gasteiger partial charge is 0.307 e. The first-order chi connectivity index (χ1) is 9.04. The van der Waals surface area contributed by atoms with Crippen molar-refractivity contribution >= 4 is 23.6 Å². The summed E-state index contributed by atoms with van der Waals surface area (Å²) in [6.07, 6.45) is 6.83. The number of fused-ring (bicyclic) bond motifs is 2. The second-order valence-corrected chi connectivity index (χ2v) is 6.55. The van der Waals surface area contributed by atoms with E-state index in [1.165, 1.54) is 0 Å². The van der Waals surface area contributed by atoms with E-state index in [-0.39, 0.29) is 23.7 Å².